The molecule has 1 fully saturated rings. The van der Waals surface area contributed by atoms with Crippen LogP contribution < -0.4 is 11.3 Å². The van der Waals surface area contributed by atoms with Gasteiger partial charge >= 0.3 is 0 Å². The Hall–Kier alpha value is -0.910. The highest BCUT2D eigenvalue weighted by molar-refractivity contribution is 5.12. The van der Waals surface area contributed by atoms with E-state index in [0.717, 1.165) is 12.1 Å². The molecule has 1 unspecified atom stereocenters. The molecule has 5 heteroatoms. The first kappa shape index (κ1) is 14.5. The molecule has 1 saturated heterocycles. The third-order valence-electron chi connectivity index (χ3n) is 4.49. The number of nitrogens with one attached hydrogen (secondary N) is 1. The molecular formula is C14H27N5. The Balaban J connectivity index is 2.12. The SMILES string of the molecule is Cc1cc(CC(NN)C(C)(C)N2CCCC2)n(C)n1. The molecule has 0 amide bonds. The van der Waals surface area contributed by atoms with Gasteiger partial charge in [-0.15, -0.1) is 0 Å². The van der Waals surface area contributed by atoms with Crippen LogP contribution in [-0.2, 0) is 13.5 Å². The molecule has 1 aromatic rings. The summed E-state index contributed by atoms with van der Waals surface area (Å²) >= 11 is 0. The Morgan fingerprint density at radius 1 is 1.42 bits per heavy atom. The van der Waals surface area contributed by atoms with Crippen molar-refractivity contribution in [2.45, 2.75) is 51.6 Å². The van der Waals surface area contributed by atoms with E-state index in [9.17, 15) is 0 Å². The van der Waals surface area contributed by atoms with Gasteiger partial charge in [0.05, 0.1) is 5.69 Å². The summed E-state index contributed by atoms with van der Waals surface area (Å²) in [5.74, 6) is 5.82. The van der Waals surface area contributed by atoms with Gasteiger partial charge in [0.2, 0.25) is 0 Å². The molecule has 3 N–H and O–H groups in total. The number of aryl methyl sites for hydroxylation is 2. The average Bonchev–Trinajstić information content (AvgIpc) is 2.96. The van der Waals surface area contributed by atoms with E-state index in [0.29, 0.717) is 0 Å². The lowest BCUT2D eigenvalue weighted by Crippen LogP contribution is -2.59. The molecule has 0 aromatic carbocycles. The fourth-order valence-electron chi connectivity index (χ4n) is 3.09. The van der Waals surface area contributed by atoms with Gasteiger partial charge < -0.3 is 0 Å². The summed E-state index contributed by atoms with van der Waals surface area (Å²) in [5.41, 5.74) is 5.37. The van der Waals surface area contributed by atoms with E-state index in [4.69, 9.17) is 5.84 Å². The van der Waals surface area contributed by atoms with Crippen molar-refractivity contribution < 1.29 is 0 Å². The monoisotopic (exact) mass is 265 g/mol. The van der Waals surface area contributed by atoms with Crippen LogP contribution in [0.5, 0.6) is 0 Å². The van der Waals surface area contributed by atoms with Crippen LogP contribution in [0.4, 0.5) is 0 Å². The smallest absolute Gasteiger partial charge is 0.0596 e. The minimum Gasteiger partial charge on any atom is -0.297 e. The minimum atomic E-state index is 0.0590. The summed E-state index contributed by atoms with van der Waals surface area (Å²) < 4.78 is 1.96. The van der Waals surface area contributed by atoms with Crippen molar-refractivity contribution in [3.8, 4) is 0 Å². The quantitative estimate of drug-likeness (QED) is 0.615. The highest BCUT2D eigenvalue weighted by atomic mass is 15.3. The van der Waals surface area contributed by atoms with Gasteiger partial charge in [0, 0.05) is 30.7 Å². The summed E-state index contributed by atoms with van der Waals surface area (Å²) in [6, 6.07) is 2.37. The first-order valence-corrected chi connectivity index (χ1v) is 7.16. The van der Waals surface area contributed by atoms with Crippen LogP contribution in [0.15, 0.2) is 6.07 Å². The van der Waals surface area contributed by atoms with Gasteiger partial charge in [-0.2, -0.15) is 5.10 Å². The zero-order chi connectivity index (χ0) is 14.0. The van der Waals surface area contributed by atoms with Crippen molar-refractivity contribution >= 4 is 0 Å². The van der Waals surface area contributed by atoms with Gasteiger partial charge in [0.1, 0.15) is 0 Å². The molecule has 0 radical (unpaired) electrons. The zero-order valence-electron chi connectivity index (χ0n) is 12.6. The number of hydrogen-bond acceptors (Lipinski definition) is 4. The largest absolute Gasteiger partial charge is 0.297 e. The Morgan fingerprint density at radius 3 is 2.53 bits per heavy atom. The van der Waals surface area contributed by atoms with Crippen LogP contribution in [-0.4, -0.2) is 39.4 Å². The predicted octanol–water partition coefficient (Wildman–Crippen LogP) is 0.977. The maximum absolute atomic E-state index is 5.82. The van der Waals surface area contributed by atoms with E-state index in [1.165, 1.54) is 31.6 Å². The lowest BCUT2D eigenvalue weighted by molar-refractivity contribution is 0.106. The van der Waals surface area contributed by atoms with Crippen LogP contribution >= 0.6 is 0 Å². The van der Waals surface area contributed by atoms with E-state index in [1.807, 2.05) is 18.7 Å². The van der Waals surface area contributed by atoms with Crippen molar-refractivity contribution in [2.75, 3.05) is 13.1 Å². The molecule has 19 heavy (non-hydrogen) atoms. The first-order chi connectivity index (χ1) is 8.95. The van der Waals surface area contributed by atoms with Crippen molar-refractivity contribution in [1.82, 2.24) is 20.1 Å². The first-order valence-electron chi connectivity index (χ1n) is 7.16. The molecule has 108 valence electrons. The summed E-state index contributed by atoms with van der Waals surface area (Å²) in [6.45, 7) is 8.95. The third-order valence-corrected chi connectivity index (χ3v) is 4.49. The van der Waals surface area contributed by atoms with E-state index >= 15 is 0 Å². The molecule has 2 heterocycles. The second kappa shape index (κ2) is 5.61. The van der Waals surface area contributed by atoms with Crippen molar-refractivity contribution in [3.63, 3.8) is 0 Å². The fourth-order valence-corrected chi connectivity index (χ4v) is 3.09. The second-order valence-electron chi connectivity index (χ2n) is 6.17. The van der Waals surface area contributed by atoms with Gasteiger partial charge in [-0.1, -0.05) is 0 Å². The van der Waals surface area contributed by atoms with E-state index in [2.05, 4.69) is 35.3 Å². The molecule has 1 atom stereocenters. The van der Waals surface area contributed by atoms with Crippen LogP contribution in [0.2, 0.25) is 0 Å². The number of rotatable bonds is 5. The van der Waals surface area contributed by atoms with E-state index in [-0.39, 0.29) is 11.6 Å². The van der Waals surface area contributed by atoms with Gasteiger partial charge in [-0.3, -0.25) is 20.9 Å². The van der Waals surface area contributed by atoms with Gasteiger partial charge in [0.25, 0.3) is 0 Å². The number of aromatic nitrogens is 2. The molecule has 1 aliphatic rings. The fraction of sp³-hybridized carbons (Fsp3) is 0.786. The molecule has 1 aliphatic heterocycles. The van der Waals surface area contributed by atoms with Crippen molar-refractivity contribution in [2.24, 2.45) is 12.9 Å². The number of nitrogens with two attached hydrogens (primary N) is 1. The molecular weight excluding hydrogens is 238 g/mol. The summed E-state index contributed by atoms with van der Waals surface area (Å²) in [7, 11) is 2.00. The Labute approximate surface area is 116 Å². The zero-order valence-corrected chi connectivity index (χ0v) is 12.6. The minimum absolute atomic E-state index is 0.0590. The Morgan fingerprint density at radius 2 is 2.05 bits per heavy atom. The number of likely N-dealkylation sites (tertiary alicyclic amines) is 1. The molecule has 0 aliphatic carbocycles. The topological polar surface area (TPSA) is 59.1 Å². The number of hydrazine groups is 1. The van der Waals surface area contributed by atoms with Crippen LogP contribution in [0.1, 0.15) is 38.1 Å². The summed E-state index contributed by atoms with van der Waals surface area (Å²) in [5, 5.41) is 4.41. The van der Waals surface area contributed by atoms with Gasteiger partial charge in [-0.25, -0.2) is 0 Å². The highest BCUT2D eigenvalue weighted by Gasteiger charge is 2.36. The predicted molar refractivity (Wildman–Crippen MR) is 77.6 cm³/mol. The normalized spacial score (nSPS) is 19.0. The molecule has 0 saturated carbocycles. The van der Waals surface area contributed by atoms with Crippen molar-refractivity contribution in [1.29, 1.82) is 0 Å². The molecule has 2 rings (SSSR count). The van der Waals surface area contributed by atoms with E-state index < -0.39 is 0 Å². The summed E-state index contributed by atoms with van der Waals surface area (Å²) in [6.07, 6.45) is 3.49. The third kappa shape index (κ3) is 2.99. The number of nitrogens with zero attached hydrogens (tertiary/aromatic N) is 3. The van der Waals surface area contributed by atoms with Crippen LogP contribution in [0.3, 0.4) is 0 Å². The second-order valence-corrected chi connectivity index (χ2v) is 6.17. The average molecular weight is 265 g/mol. The molecule has 0 spiro atoms. The Kier molecular flexibility index (Phi) is 4.28. The van der Waals surface area contributed by atoms with Gasteiger partial charge in [0.15, 0.2) is 0 Å². The maximum atomic E-state index is 5.82. The van der Waals surface area contributed by atoms with Gasteiger partial charge in [-0.05, 0) is 52.8 Å². The van der Waals surface area contributed by atoms with Crippen molar-refractivity contribution in [3.05, 3.63) is 17.5 Å². The number of hydrogen-bond donors (Lipinski definition) is 2. The maximum Gasteiger partial charge on any atom is 0.0596 e. The van der Waals surface area contributed by atoms with Crippen LogP contribution in [0.25, 0.3) is 0 Å². The molecule has 5 nitrogen and oxygen atoms in total. The summed E-state index contributed by atoms with van der Waals surface area (Å²) in [4.78, 5) is 2.54. The highest BCUT2D eigenvalue weighted by Crippen LogP contribution is 2.26. The lowest BCUT2D eigenvalue weighted by atomic mass is 9.89. The Bertz CT molecular complexity index is 417. The molecule has 1 aromatic heterocycles. The lowest BCUT2D eigenvalue weighted by Gasteiger charge is -2.41. The standard InChI is InChI=1S/C14H27N5/c1-11-9-12(18(4)17-11)10-13(16-15)14(2,3)19-7-5-6-8-19/h9,13,16H,5-8,10,15H2,1-4H3. The molecule has 0 bridgehead atoms. The van der Waals surface area contributed by atoms with Crippen LogP contribution in [0, 0.1) is 6.92 Å². The van der Waals surface area contributed by atoms with E-state index in [1.54, 1.807) is 0 Å².